The number of carbonyl (C=O) groups excluding carboxylic acids is 1. The van der Waals surface area contributed by atoms with E-state index in [1.807, 2.05) is 11.9 Å². The van der Waals surface area contributed by atoms with E-state index in [9.17, 15) is 13.2 Å². The van der Waals surface area contributed by atoms with Gasteiger partial charge in [0.1, 0.15) is 0 Å². The minimum absolute atomic E-state index is 0.0116. The van der Waals surface area contributed by atoms with Crippen molar-refractivity contribution >= 4 is 15.9 Å². The summed E-state index contributed by atoms with van der Waals surface area (Å²) in [6.45, 7) is 4.89. The normalized spacial score (nSPS) is 28.5. The quantitative estimate of drug-likeness (QED) is 0.793. The molecule has 1 aliphatic heterocycles. The fourth-order valence-corrected chi connectivity index (χ4v) is 5.02. The number of nitrogens with zero attached hydrogens (tertiary/aromatic N) is 2. The molecule has 1 heterocycles. The Morgan fingerprint density at radius 1 is 1.14 bits per heavy atom. The predicted octanol–water partition coefficient (Wildman–Crippen LogP) is 2.09. The maximum absolute atomic E-state index is 12.7. The highest BCUT2D eigenvalue weighted by atomic mass is 32.2. The SMILES string of the molecule is CCS(=O)(=O)N1CCC(C(=O)N(C)C2CCCCC2C)CC1. The van der Waals surface area contributed by atoms with Crippen molar-refractivity contribution < 1.29 is 13.2 Å². The lowest BCUT2D eigenvalue weighted by atomic mass is 9.84. The summed E-state index contributed by atoms with van der Waals surface area (Å²) in [6, 6.07) is 0.360. The van der Waals surface area contributed by atoms with Crippen molar-refractivity contribution in [1.29, 1.82) is 0 Å². The molecular formula is C16H30N2O3S. The van der Waals surface area contributed by atoms with Crippen molar-refractivity contribution in [2.24, 2.45) is 11.8 Å². The van der Waals surface area contributed by atoms with E-state index >= 15 is 0 Å². The zero-order valence-corrected chi connectivity index (χ0v) is 14.9. The Hall–Kier alpha value is -0.620. The Morgan fingerprint density at radius 2 is 1.73 bits per heavy atom. The van der Waals surface area contributed by atoms with Crippen molar-refractivity contribution in [3.63, 3.8) is 0 Å². The van der Waals surface area contributed by atoms with Crippen LogP contribution in [0.1, 0.15) is 52.4 Å². The first kappa shape index (κ1) is 17.7. The maximum Gasteiger partial charge on any atom is 0.225 e. The van der Waals surface area contributed by atoms with Crippen LogP contribution < -0.4 is 0 Å². The number of rotatable bonds is 4. The first-order valence-corrected chi connectivity index (χ1v) is 10.2. The standard InChI is InChI=1S/C16H30N2O3S/c1-4-22(20,21)18-11-9-14(10-12-18)16(19)17(3)15-8-6-5-7-13(15)2/h13-15H,4-12H2,1-3H3. The fraction of sp³-hybridized carbons (Fsp3) is 0.938. The second kappa shape index (κ2) is 7.30. The summed E-state index contributed by atoms with van der Waals surface area (Å²) in [5.41, 5.74) is 0. The molecule has 1 aliphatic carbocycles. The number of sulfonamides is 1. The van der Waals surface area contributed by atoms with Crippen LogP contribution in [0.4, 0.5) is 0 Å². The summed E-state index contributed by atoms with van der Waals surface area (Å²) in [7, 11) is -1.18. The van der Waals surface area contributed by atoms with Crippen LogP contribution in [0, 0.1) is 11.8 Å². The molecule has 0 N–H and O–H groups in total. The van der Waals surface area contributed by atoms with E-state index in [2.05, 4.69) is 6.92 Å². The Labute approximate surface area is 135 Å². The third-order valence-corrected chi connectivity index (χ3v) is 7.35. The molecule has 1 amide bonds. The van der Waals surface area contributed by atoms with Crippen LogP contribution in [-0.2, 0) is 14.8 Å². The number of hydrogen-bond donors (Lipinski definition) is 0. The van der Waals surface area contributed by atoms with Gasteiger partial charge in [-0.25, -0.2) is 12.7 Å². The van der Waals surface area contributed by atoms with Gasteiger partial charge < -0.3 is 4.90 Å². The third kappa shape index (κ3) is 3.82. The molecule has 0 spiro atoms. The van der Waals surface area contributed by atoms with Gasteiger partial charge in [0.15, 0.2) is 0 Å². The molecule has 0 aromatic carbocycles. The van der Waals surface area contributed by atoms with E-state index < -0.39 is 10.0 Å². The summed E-state index contributed by atoms with van der Waals surface area (Å²) < 4.78 is 25.3. The van der Waals surface area contributed by atoms with Gasteiger partial charge in [-0.3, -0.25) is 4.79 Å². The average molecular weight is 330 g/mol. The highest BCUT2D eigenvalue weighted by molar-refractivity contribution is 7.89. The lowest BCUT2D eigenvalue weighted by Gasteiger charge is -2.39. The van der Waals surface area contributed by atoms with E-state index in [4.69, 9.17) is 0 Å². The van der Waals surface area contributed by atoms with Crippen molar-refractivity contribution in [3.05, 3.63) is 0 Å². The molecule has 0 aromatic rings. The molecule has 2 rings (SSSR count). The Bertz CT molecular complexity index is 484. The largest absolute Gasteiger partial charge is 0.342 e. The summed E-state index contributed by atoms with van der Waals surface area (Å²) in [5, 5.41) is 0. The van der Waals surface area contributed by atoms with Crippen LogP contribution in [0.25, 0.3) is 0 Å². The van der Waals surface area contributed by atoms with Crippen molar-refractivity contribution in [1.82, 2.24) is 9.21 Å². The second-order valence-electron chi connectivity index (χ2n) is 6.85. The molecule has 1 saturated heterocycles. The second-order valence-corrected chi connectivity index (χ2v) is 9.11. The van der Waals surface area contributed by atoms with E-state index in [1.54, 1.807) is 11.2 Å². The molecule has 2 aliphatic rings. The summed E-state index contributed by atoms with van der Waals surface area (Å²) in [5.74, 6) is 0.920. The number of hydrogen-bond acceptors (Lipinski definition) is 3. The van der Waals surface area contributed by atoms with Gasteiger partial charge >= 0.3 is 0 Å². The molecule has 0 radical (unpaired) electrons. The highest BCUT2D eigenvalue weighted by Gasteiger charge is 2.35. The van der Waals surface area contributed by atoms with Gasteiger partial charge in [-0.15, -0.1) is 0 Å². The minimum atomic E-state index is -3.11. The number of amides is 1. The van der Waals surface area contributed by atoms with Crippen LogP contribution in [0.5, 0.6) is 0 Å². The van der Waals surface area contributed by atoms with Gasteiger partial charge in [0, 0.05) is 32.1 Å². The lowest BCUT2D eigenvalue weighted by molar-refractivity contribution is -0.139. The van der Waals surface area contributed by atoms with Crippen molar-refractivity contribution in [3.8, 4) is 0 Å². The monoisotopic (exact) mass is 330 g/mol. The summed E-state index contributed by atoms with van der Waals surface area (Å²) in [6.07, 6.45) is 6.10. The van der Waals surface area contributed by atoms with Gasteiger partial charge in [0.2, 0.25) is 15.9 Å². The smallest absolute Gasteiger partial charge is 0.225 e. The first-order valence-electron chi connectivity index (χ1n) is 8.61. The van der Waals surface area contributed by atoms with Gasteiger partial charge in [-0.1, -0.05) is 19.8 Å². The number of piperidine rings is 1. The van der Waals surface area contributed by atoms with E-state index in [0.29, 0.717) is 37.9 Å². The molecule has 128 valence electrons. The predicted molar refractivity (Wildman–Crippen MR) is 87.9 cm³/mol. The summed E-state index contributed by atoms with van der Waals surface area (Å²) >= 11 is 0. The number of carbonyl (C=O) groups is 1. The van der Waals surface area contributed by atoms with Crippen LogP contribution in [0.15, 0.2) is 0 Å². The zero-order chi connectivity index (χ0) is 16.3. The molecule has 2 atom stereocenters. The zero-order valence-electron chi connectivity index (χ0n) is 14.1. The van der Waals surface area contributed by atoms with E-state index in [0.717, 1.165) is 6.42 Å². The molecule has 2 unspecified atom stereocenters. The van der Waals surface area contributed by atoms with Gasteiger partial charge in [0.25, 0.3) is 0 Å². The van der Waals surface area contributed by atoms with Gasteiger partial charge in [0.05, 0.1) is 5.75 Å². The Kier molecular flexibility index (Phi) is 5.88. The molecule has 2 fully saturated rings. The van der Waals surface area contributed by atoms with Crippen LogP contribution in [0.3, 0.4) is 0 Å². The molecule has 0 aromatic heterocycles. The molecule has 22 heavy (non-hydrogen) atoms. The molecular weight excluding hydrogens is 300 g/mol. The topological polar surface area (TPSA) is 57.7 Å². The van der Waals surface area contributed by atoms with E-state index in [1.165, 1.54) is 19.3 Å². The first-order chi connectivity index (χ1) is 10.4. The average Bonchev–Trinajstić information content (AvgIpc) is 2.54. The van der Waals surface area contributed by atoms with Crippen LogP contribution in [0.2, 0.25) is 0 Å². The van der Waals surface area contributed by atoms with Crippen molar-refractivity contribution in [2.75, 3.05) is 25.9 Å². The molecule has 6 heteroatoms. The third-order valence-electron chi connectivity index (χ3n) is 5.47. The van der Waals surface area contributed by atoms with Gasteiger partial charge in [-0.2, -0.15) is 0 Å². The minimum Gasteiger partial charge on any atom is -0.342 e. The summed E-state index contributed by atoms with van der Waals surface area (Å²) in [4.78, 5) is 14.7. The molecule has 5 nitrogen and oxygen atoms in total. The molecule has 1 saturated carbocycles. The van der Waals surface area contributed by atoms with Gasteiger partial charge in [-0.05, 0) is 38.5 Å². The highest BCUT2D eigenvalue weighted by Crippen LogP contribution is 2.30. The Balaban J connectivity index is 1.92. The van der Waals surface area contributed by atoms with Crippen molar-refractivity contribution in [2.45, 2.75) is 58.4 Å². The molecule has 0 bridgehead atoms. The maximum atomic E-state index is 12.7. The fourth-order valence-electron chi connectivity index (χ4n) is 3.89. The Morgan fingerprint density at radius 3 is 2.27 bits per heavy atom. The van der Waals surface area contributed by atoms with E-state index in [-0.39, 0.29) is 17.6 Å². The lowest BCUT2D eigenvalue weighted by Crippen LogP contribution is -2.48. The van der Waals surface area contributed by atoms with Crippen LogP contribution in [-0.4, -0.2) is 55.5 Å². The van der Waals surface area contributed by atoms with Crippen LogP contribution >= 0.6 is 0 Å².